The lowest BCUT2D eigenvalue weighted by Crippen LogP contribution is -2.24. The van der Waals surface area contributed by atoms with Gasteiger partial charge in [0, 0.05) is 11.3 Å². The third-order valence-electron chi connectivity index (χ3n) is 4.95. The summed E-state index contributed by atoms with van der Waals surface area (Å²) < 4.78 is 5.42. The average Bonchev–Trinajstić information content (AvgIpc) is 2.70. The van der Waals surface area contributed by atoms with Gasteiger partial charge in [-0.15, -0.1) is 0 Å². The minimum Gasteiger partial charge on any atom is -0.507 e. The number of carbonyl (C=O) groups is 2. The second kappa shape index (κ2) is 6.56. The standard InChI is InChI=1S/C22H18N2O5/c1-2-29-11-5-3-10(4-6-11)12-9-15(26)18-19(20(12)24)22(28)17-14(25)8-7-13(23)16(17)21(18)27/h3-9,25-26H,2,23-24H2,1H3. The largest absolute Gasteiger partial charge is 0.507 e. The smallest absolute Gasteiger partial charge is 0.200 e. The third-order valence-corrected chi connectivity index (χ3v) is 4.95. The Bertz CT molecular complexity index is 1180. The fourth-order valence-electron chi connectivity index (χ4n) is 3.62. The van der Waals surface area contributed by atoms with E-state index in [1.807, 2.05) is 6.92 Å². The number of benzene rings is 3. The van der Waals surface area contributed by atoms with E-state index in [2.05, 4.69) is 0 Å². The lowest BCUT2D eigenvalue weighted by molar-refractivity contribution is 0.0975. The van der Waals surface area contributed by atoms with Crippen LogP contribution in [0.1, 0.15) is 38.8 Å². The number of aromatic hydroxyl groups is 2. The number of ether oxygens (including phenoxy) is 1. The Morgan fingerprint density at radius 1 is 0.828 bits per heavy atom. The zero-order valence-electron chi connectivity index (χ0n) is 15.5. The molecule has 0 aromatic heterocycles. The van der Waals surface area contributed by atoms with Gasteiger partial charge in [0.25, 0.3) is 0 Å². The number of ketones is 2. The van der Waals surface area contributed by atoms with Crippen LogP contribution in [0.15, 0.2) is 42.5 Å². The van der Waals surface area contributed by atoms with E-state index in [1.54, 1.807) is 24.3 Å². The van der Waals surface area contributed by atoms with Crippen molar-refractivity contribution in [2.45, 2.75) is 6.92 Å². The van der Waals surface area contributed by atoms with Crippen molar-refractivity contribution in [2.75, 3.05) is 18.1 Å². The number of hydrogen-bond acceptors (Lipinski definition) is 7. The molecular weight excluding hydrogens is 372 g/mol. The molecule has 0 unspecified atom stereocenters. The summed E-state index contributed by atoms with van der Waals surface area (Å²) in [5, 5.41) is 20.8. The van der Waals surface area contributed by atoms with E-state index in [0.29, 0.717) is 23.5 Å². The molecule has 146 valence electrons. The third kappa shape index (κ3) is 2.67. The molecule has 0 heterocycles. The highest BCUT2D eigenvalue weighted by Gasteiger charge is 2.38. The maximum absolute atomic E-state index is 13.1. The second-order valence-electron chi connectivity index (χ2n) is 6.65. The molecule has 0 radical (unpaired) electrons. The number of hydrogen-bond donors (Lipinski definition) is 4. The molecule has 0 saturated heterocycles. The maximum atomic E-state index is 13.1. The monoisotopic (exact) mass is 390 g/mol. The lowest BCUT2D eigenvalue weighted by Gasteiger charge is -2.23. The fourth-order valence-corrected chi connectivity index (χ4v) is 3.62. The second-order valence-corrected chi connectivity index (χ2v) is 6.65. The molecule has 3 aromatic rings. The van der Waals surface area contributed by atoms with E-state index >= 15 is 0 Å². The molecule has 1 aliphatic rings. The van der Waals surface area contributed by atoms with Gasteiger partial charge in [-0.1, -0.05) is 12.1 Å². The molecule has 0 fully saturated rings. The van der Waals surface area contributed by atoms with E-state index in [1.165, 1.54) is 18.2 Å². The molecule has 6 N–H and O–H groups in total. The van der Waals surface area contributed by atoms with E-state index in [-0.39, 0.29) is 45.1 Å². The molecule has 29 heavy (non-hydrogen) atoms. The first-order chi connectivity index (χ1) is 13.8. The highest BCUT2D eigenvalue weighted by molar-refractivity contribution is 6.33. The molecule has 0 amide bonds. The summed E-state index contributed by atoms with van der Waals surface area (Å²) in [5.74, 6) is -1.42. The van der Waals surface area contributed by atoms with Crippen LogP contribution in [0.3, 0.4) is 0 Å². The van der Waals surface area contributed by atoms with Crippen molar-refractivity contribution in [3.05, 3.63) is 64.7 Å². The summed E-state index contributed by atoms with van der Waals surface area (Å²) in [6.45, 7) is 2.39. The summed E-state index contributed by atoms with van der Waals surface area (Å²) in [4.78, 5) is 26.1. The van der Waals surface area contributed by atoms with E-state index in [0.717, 1.165) is 0 Å². The van der Waals surface area contributed by atoms with Crippen LogP contribution in [-0.2, 0) is 0 Å². The van der Waals surface area contributed by atoms with Gasteiger partial charge in [-0.3, -0.25) is 9.59 Å². The highest BCUT2D eigenvalue weighted by Crippen LogP contribution is 2.44. The number of phenolic OH excluding ortho intramolecular Hbond substituents is 2. The molecule has 0 atom stereocenters. The SMILES string of the molecule is CCOc1ccc(-c2cc(O)c3c(c2N)C(=O)c2c(O)ccc(N)c2C3=O)cc1. The van der Waals surface area contributed by atoms with Crippen molar-refractivity contribution < 1.29 is 24.5 Å². The minimum absolute atomic E-state index is 0.0350. The predicted octanol–water partition coefficient (Wildman–Crippen LogP) is 3.10. The molecule has 4 rings (SSSR count). The van der Waals surface area contributed by atoms with Crippen molar-refractivity contribution in [2.24, 2.45) is 0 Å². The Labute approximate surface area is 166 Å². The molecule has 0 bridgehead atoms. The molecule has 0 spiro atoms. The number of rotatable bonds is 3. The maximum Gasteiger partial charge on any atom is 0.200 e. The normalized spacial score (nSPS) is 12.4. The summed E-state index contributed by atoms with van der Waals surface area (Å²) in [6, 6.07) is 10.9. The first-order valence-corrected chi connectivity index (χ1v) is 8.94. The molecular formula is C22H18N2O5. The summed E-state index contributed by atoms with van der Waals surface area (Å²) >= 11 is 0. The predicted molar refractivity (Wildman–Crippen MR) is 109 cm³/mol. The van der Waals surface area contributed by atoms with Gasteiger partial charge in [0.2, 0.25) is 11.6 Å². The number of fused-ring (bicyclic) bond motifs is 2. The molecule has 7 heteroatoms. The van der Waals surface area contributed by atoms with Crippen LogP contribution >= 0.6 is 0 Å². The average molecular weight is 390 g/mol. The van der Waals surface area contributed by atoms with Crippen LogP contribution < -0.4 is 16.2 Å². The van der Waals surface area contributed by atoms with Gasteiger partial charge in [-0.05, 0) is 42.8 Å². The Morgan fingerprint density at radius 2 is 1.45 bits per heavy atom. The van der Waals surface area contributed by atoms with E-state index in [4.69, 9.17) is 16.2 Å². The van der Waals surface area contributed by atoms with Crippen LogP contribution in [-0.4, -0.2) is 28.4 Å². The zero-order valence-corrected chi connectivity index (χ0v) is 15.5. The minimum atomic E-state index is -0.667. The number of phenols is 2. The zero-order chi connectivity index (χ0) is 20.9. The number of nitrogens with two attached hydrogens (primary N) is 2. The van der Waals surface area contributed by atoms with Gasteiger partial charge in [-0.2, -0.15) is 0 Å². The molecule has 1 aliphatic carbocycles. The van der Waals surface area contributed by atoms with Gasteiger partial charge in [0.1, 0.15) is 17.2 Å². The summed E-state index contributed by atoms with van der Waals surface area (Å²) in [5.41, 5.74) is 12.5. The molecule has 3 aromatic carbocycles. The molecule has 7 nitrogen and oxygen atoms in total. The van der Waals surface area contributed by atoms with Crippen LogP contribution in [0.4, 0.5) is 11.4 Å². The van der Waals surface area contributed by atoms with Gasteiger partial charge in [0.05, 0.1) is 34.5 Å². The number of carbonyl (C=O) groups excluding carboxylic acids is 2. The van der Waals surface area contributed by atoms with Crippen LogP contribution in [0.5, 0.6) is 17.2 Å². The van der Waals surface area contributed by atoms with Crippen LogP contribution in [0.2, 0.25) is 0 Å². The Kier molecular flexibility index (Phi) is 4.15. The van der Waals surface area contributed by atoms with Gasteiger partial charge < -0.3 is 26.4 Å². The Balaban J connectivity index is 1.94. The Hall–Kier alpha value is -4.00. The molecule has 0 aliphatic heterocycles. The Morgan fingerprint density at radius 3 is 2.10 bits per heavy atom. The first kappa shape index (κ1) is 18.4. The molecule has 0 saturated carbocycles. The topological polar surface area (TPSA) is 136 Å². The fraction of sp³-hybridized carbons (Fsp3) is 0.0909. The highest BCUT2D eigenvalue weighted by atomic mass is 16.5. The van der Waals surface area contributed by atoms with Gasteiger partial charge >= 0.3 is 0 Å². The summed E-state index contributed by atoms with van der Waals surface area (Å²) in [7, 11) is 0. The van der Waals surface area contributed by atoms with Gasteiger partial charge in [0.15, 0.2) is 0 Å². The number of nitrogen functional groups attached to an aromatic ring is 2. The van der Waals surface area contributed by atoms with Crippen molar-refractivity contribution in [1.29, 1.82) is 0 Å². The van der Waals surface area contributed by atoms with Crippen LogP contribution in [0, 0.1) is 0 Å². The van der Waals surface area contributed by atoms with Gasteiger partial charge in [-0.25, -0.2) is 0 Å². The van der Waals surface area contributed by atoms with Crippen LogP contribution in [0.25, 0.3) is 11.1 Å². The lowest BCUT2D eigenvalue weighted by atomic mass is 9.80. The summed E-state index contributed by atoms with van der Waals surface area (Å²) in [6.07, 6.45) is 0. The van der Waals surface area contributed by atoms with Crippen molar-refractivity contribution in [1.82, 2.24) is 0 Å². The number of anilines is 2. The van der Waals surface area contributed by atoms with Crippen molar-refractivity contribution in [3.63, 3.8) is 0 Å². The quantitative estimate of drug-likeness (QED) is 0.312. The first-order valence-electron chi connectivity index (χ1n) is 8.94. The van der Waals surface area contributed by atoms with E-state index < -0.39 is 11.6 Å². The van der Waals surface area contributed by atoms with Crippen molar-refractivity contribution in [3.8, 4) is 28.4 Å². The van der Waals surface area contributed by atoms with E-state index in [9.17, 15) is 19.8 Å². The van der Waals surface area contributed by atoms with Crippen molar-refractivity contribution >= 4 is 22.9 Å².